The first kappa shape index (κ1) is 26.0. The van der Waals surface area contributed by atoms with Crippen molar-refractivity contribution in [3.8, 4) is 5.69 Å². The second kappa shape index (κ2) is 10.3. The number of benzene rings is 1. The summed E-state index contributed by atoms with van der Waals surface area (Å²) in [5.74, 6) is 0.495. The molecule has 1 amide bonds. The lowest BCUT2D eigenvalue weighted by atomic mass is 10.1. The van der Waals surface area contributed by atoms with Crippen LogP contribution in [0.15, 0.2) is 53.5 Å². The molecule has 198 valence electrons. The van der Waals surface area contributed by atoms with Gasteiger partial charge in [0, 0.05) is 36.5 Å². The Morgan fingerprint density at radius 1 is 1.16 bits per heavy atom. The van der Waals surface area contributed by atoms with Crippen molar-refractivity contribution in [3.63, 3.8) is 0 Å². The van der Waals surface area contributed by atoms with Gasteiger partial charge < -0.3 is 10.2 Å². The van der Waals surface area contributed by atoms with Gasteiger partial charge in [-0.1, -0.05) is 0 Å². The fourth-order valence-corrected chi connectivity index (χ4v) is 4.57. The van der Waals surface area contributed by atoms with Gasteiger partial charge in [0.15, 0.2) is 5.65 Å². The summed E-state index contributed by atoms with van der Waals surface area (Å²) in [6, 6.07) is 6.26. The first-order chi connectivity index (χ1) is 18.1. The average Bonchev–Trinajstić information content (AvgIpc) is 3.34. The Kier molecular flexibility index (Phi) is 7.05. The third-order valence-electron chi connectivity index (χ3n) is 6.55. The summed E-state index contributed by atoms with van der Waals surface area (Å²) in [4.78, 5) is 30.2. The van der Waals surface area contributed by atoms with E-state index in [1.807, 2.05) is 29.8 Å². The van der Waals surface area contributed by atoms with Gasteiger partial charge in [0.25, 0.3) is 0 Å². The number of hydrogen-bond acceptors (Lipinski definition) is 7. The highest BCUT2D eigenvalue weighted by molar-refractivity contribution is 9.10. The molecule has 4 heterocycles. The summed E-state index contributed by atoms with van der Waals surface area (Å²) in [5, 5.41) is 8.06. The molecule has 0 aliphatic carbocycles. The number of likely N-dealkylation sites (N-methyl/N-ethyl adjacent to an activating group) is 1. The fraction of sp³-hybridized carbons (Fsp3) is 0.320. The number of aryl methyl sites for hydroxylation is 1. The number of anilines is 1. The largest absolute Gasteiger partial charge is 0.416 e. The second-order valence-electron chi connectivity index (χ2n) is 9.14. The zero-order chi connectivity index (χ0) is 27.0. The zero-order valence-corrected chi connectivity index (χ0v) is 22.2. The molecule has 38 heavy (non-hydrogen) atoms. The highest BCUT2D eigenvalue weighted by Crippen LogP contribution is 2.30. The van der Waals surface area contributed by atoms with Crippen LogP contribution in [0, 0.1) is 6.92 Å². The van der Waals surface area contributed by atoms with Crippen LogP contribution < -0.4 is 10.2 Å². The molecule has 0 saturated carbocycles. The number of rotatable bonds is 5. The minimum absolute atomic E-state index is 0.120. The van der Waals surface area contributed by atoms with Crippen molar-refractivity contribution < 1.29 is 18.0 Å². The van der Waals surface area contributed by atoms with Crippen LogP contribution in [0.2, 0.25) is 0 Å². The summed E-state index contributed by atoms with van der Waals surface area (Å²) >= 11 is 3.43. The SMILES string of the molecule is Cc1cc(CNC(=O)[C@@H]2CN(c3ncnc4nn(-c5ccc(C(F)(F)F)cc5)cc34)CCN2C)ncc1Br. The molecule has 1 aromatic carbocycles. The van der Waals surface area contributed by atoms with E-state index in [1.54, 1.807) is 12.4 Å². The van der Waals surface area contributed by atoms with Gasteiger partial charge in [-0.3, -0.25) is 14.7 Å². The molecule has 9 nitrogen and oxygen atoms in total. The molecule has 4 aromatic rings. The minimum atomic E-state index is -4.41. The van der Waals surface area contributed by atoms with Crippen molar-refractivity contribution in [2.45, 2.75) is 25.7 Å². The standard InChI is InChI=1S/C25H24BrF3N8O/c1-15-9-17(30-11-20(15)26)10-31-24(38)21-13-36(8-7-35(21)2)23-19-12-37(34-22(19)32-14-33-23)18-5-3-16(4-6-18)25(27,28)29/h3-6,9,11-12,14,21H,7-8,10,13H2,1-2H3,(H,31,38)/t21-/m0/s1. The van der Waals surface area contributed by atoms with E-state index in [4.69, 9.17) is 0 Å². The van der Waals surface area contributed by atoms with Gasteiger partial charge in [0.2, 0.25) is 5.91 Å². The third-order valence-corrected chi connectivity index (χ3v) is 7.38. The lowest BCUT2D eigenvalue weighted by Gasteiger charge is -2.39. The Morgan fingerprint density at radius 2 is 1.92 bits per heavy atom. The number of halogens is 4. The second-order valence-corrected chi connectivity index (χ2v) is 9.99. The molecular formula is C25H24BrF3N8O. The van der Waals surface area contributed by atoms with Gasteiger partial charge in [-0.05, 0) is 65.8 Å². The maximum Gasteiger partial charge on any atom is 0.416 e. The number of hydrogen-bond donors (Lipinski definition) is 1. The molecule has 0 unspecified atom stereocenters. The number of carbonyl (C=O) groups excluding carboxylic acids is 1. The first-order valence-corrected chi connectivity index (χ1v) is 12.6. The van der Waals surface area contributed by atoms with Gasteiger partial charge in [0.05, 0.1) is 28.9 Å². The van der Waals surface area contributed by atoms with Crippen LogP contribution in [0.5, 0.6) is 0 Å². The van der Waals surface area contributed by atoms with E-state index in [9.17, 15) is 18.0 Å². The molecule has 1 fully saturated rings. The molecule has 0 radical (unpaired) electrons. The van der Waals surface area contributed by atoms with Crippen molar-refractivity contribution in [1.82, 2.24) is 34.9 Å². The number of fused-ring (bicyclic) bond motifs is 1. The number of amides is 1. The van der Waals surface area contributed by atoms with Crippen molar-refractivity contribution in [1.29, 1.82) is 0 Å². The monoisotopic (exact) mass is 588 g/mol. The third kappa shape index (κ3) is 5.34. The molecule has 1 N–H and O–H groups in total. The van der Waals surface area contributed by atoms with Crippen LogP contribution in [-0.4, -0.2) is 68.3 Å². The number of aromatic nitrogens is 5. The lowest BCUT2D eigenvalue weighted by Crippen LogP contribution is -2.57. The average molecular weight is 589 g/mol. The molecule has 0 bridgehead atoms. The lowest BCUT2D eigenvalue weighted by molar-refractivity contribution is -0.137. The Labute approximate surface area is 224 Å². The molecule has 0 spiro atoms. The minimum Gasteiger partial charge on any atom is -0.353 e. The van der Waals surface area contributed by atoms with Crippen LogP contribution in [-0.2, 0) is 17.5 Å². The fourth-order valence-electron chi connectivity index (χ4n) is 4.35. The maximum atomic E-state index is 13.1. The highest BCUT2D eigenvalue weighted by atomic mass is 79.9. The van der Waals surface area contributed by atoms with Crippen molar-refractivity contribution in [2.75, 3.05) is 31.6 Å². The Bertz CT molecular complexity index is 1470. The topological polar surface area (TPSA) is 92.1 Å². The van der Waals surface area contributed by atoms with E-state index >= 15 is 0 Å². The Balaban J connectivity index is 1.34. The van der Waals surface area contributed by atoms with Crippen LogP contribution in [0.3, 0.4) is 0 Å². The van der Waals surface area contributed by atoms with Crippen LogP contribution in [0.1, 0.15) is 16.8 Å². The van der Waals surface area contributed by atoms with Gasteiger partial charge in [-0.2, -0.15) is 13.2 Å². The first-order valence-electron chi connectivity index (χ1n) is 11.8. The van der Waals surface area contributed by atoms with E-state index in [1.165, 1.54) is 23.1 Å². The Hall–Kier alpha value is -3.58. The van der Waals surface area contributed by atoms with E-state index in [-0.39, 0.29) is 5.91 Å². The number of pyridine rings is 1. The molecule has 13 heteroatoms. The number of carbonyl (C=O) groups is 1. The molecular weight excluding hydrogens is 565 g/mol. The van der Waals surface area contributed by atoms with E-state index in [2.05, 4.69) is 41.3 Å². The van der Waals surface area contributed by atoms with Crippen molar-refractivity contribution >= 4 is 38.7 Å². The molecule has 1 saturated heterocycles. The normalized spacial score (nSPS) is 16.7. The van der Waals surface area contributed by atoms with Crippen LogP contribution in [0.4, 0.5) is 19.0 Å². The molecule has 1 atom stereocenters. The predicted octanol–water partition coefficient (Wildman–Crippen LogP) is 3.74. The summed E-state index contributed by atoms with van der Waals surface area (Å²) in [6.45, 7) is 3.94. The number of piperazine rings is 1. The van der Waals surface area contributed by atoms with E-state index in [0.29, 0.717) is 48.7 Å². The smallest absolute Gasteiger partial charge is 0.353 e. The highest BCUT2D eigenvalue weighted by Gasteiger charge is 2.32. The summed E-state index contributed by atoms with van der Waals surface area (Å²) in [5.41, 5.74) is 1.95. The maximum absolute atomic E-state index is 13.1. The van der Waals surface area contributed by atoms with Crippen molar-refractivity contribution in [2.24, 2.45) is 0 Å². The summed E-state index contributed by atoms with van der Waals surface area (Å²) in [6.07, 6.45) is 0.402. The van der Waals surface area contributed by atoms with Gasteiger partial charge >= 0.3 is 6.18 Å². The number of nitrogens with one attached hydrogen (secondary N) is 1. The van der Waals surface area contributed by atoms with Gasteiger partial charge in [-0.15, -0.1) is 5.10 Å². The van der Waals surface area contributed by atoms with Crippen molar-refractivity contribution in [3.05, 3.63) is 70.3 Å². The summed E-state index contributed by atoms with van der Waals surface area (Å²) < 4.78 is 41.2. The quantitative estimate of drug-likeness (QED) is 0.380. The van der Waals surface area contributed by atoms with Crippen LogP contribution in [0.25, 0.3) is 16.7 Å². The summed E-state index contributed by atoms with van der Waals surface area (Å²) in [7, 11) is 1.90. The van der Waals surface area contributed by atoms with Gasteiger partial charge in [-0.25, -0.2) is 14.6 Å². The predicted molar refractivity (Wildman–Crippen MR) is 139 cm³/mol. The molecule has 1 aliphatic heterocycles. The molecule has 1 aliphatic rings. The molecule has 5 rings (SSSR count). The van der Waals surface area contributed by atoms with Crippen LogP contribution >= 0.6 is 15.9 Å². The van der Waals surface area contributed by atoms with Gasteiger partial charge in [0.1, 0.15) is 18.2 Å². The Morgan fingerprint density at radius 3 is 2.63 bits per heavy atom. The number of nitrogens with zero attached hydrogens (tertiary/aromatic N) is 7. The zero-order valence-electron chi connectivity index (χ0n) is 20.6. The van der Waals surface area contributed by atoms with E-state index in [0.717, 1.165) is 27.9 Å². The number of alkyl halides is 3. The van der Waals surface area contributed by atoms with E-state index < -0.39 is 17.8 Å². The molecule has 3 aromatic heterocycles.